The second-order valence-electron chi connectivity index (χ2n) is 9.38. The number of hydrogen-bond acceptors (Lipinski definition) is 18. The summed E-state index contributed by atoms with van der Waals surface area (Å²) in [6, 6.07) is 0. The molecule has 0 aromatic carbocycles. The summed E-state index contributed by atoms with van der Waals surface area (Å²) in [5.41, 5.74) is 0. The van der Waals surface area contributed by atoms with E-state index in [4.69, 9.17) is 18.9 Å². The van der Waals surface area contributed by atoms with Crippen molar-refractivity contribution in [2.75, 3.05) is 66.8 Å². The van der Waals surface area contributed by atoms with Crippen LogP contribution in [0.4, 0.5) is 0 Å². The summed E-state index contributed by atoms with van der Waals surface area (Å²) in [5.74, 6) is -15.7. The number of aliphatic hydroxyl groups is 10. The summed E-state index contributed by atoms with van der Waals surface area (Å²) in [4.78, 5) is 24.2. The van der Waals surface area contributed by atoms with E-state index in [1.165, 1.54) is 28.1 Å². The third-order valence-electron chi connectivity index (χ3n) is 5.97. The largest absolute Gasteiger partial charge is 0.502 e. The molecule has 0 heterocycles. The number of carbonyl (C=O) groups excluding carboxylic acids is 2. The second kappa shape index (κ2) is 19.0. The Balaban J connectivity index is 6.09. The van der Waals surface area contributed by atoms with Crippen LogP contribution in [0.5, 0.6) is 0 Å². The Hall–Kier alpha value is -2.46. The average Bonchev–Trinajstić information content (AvgIpc) is 2.94. The predicted molar refractivity (Wildman–Crippen MR) is 144 cm³/mol. The van der Waals surface area contributed by atoms with Crippen molar-refractivity contribution in [2.45, 2.75) is 56.5 Å². The van der Waals surface area contributed by atoms with Crippen LogP contribution in [0.1, 0.15) is 26.7 Å². The number of esters is 2. The summed E-state index contributed by atoms with van der Waals surface area (Å²) < 4.78 is 19.2. The quantitative estimate of drug-likeness (QED) is 0.0181. The fraction of sp³-hybridized carbons (Fsp3) is 0.760. The van der Waals surface area contributed by atoms with Gasteiger partial charge in [-0.2, -0.15) is 0 Å². The van der Waals surface area contributed by atoms with Gasteiger partial charge in [0.05, 0.1) is 38.6 Å². The number of hydrogen-bond donors (Lipinski definition) is 10. The third kappa shape index (κ3) is 12.2. The summed E-state index contributed by atoms with van der Waals surface area (Å²) in [6.45, 7) is -1.44. The van der Waals surface area contributed by atoms with Crippen molar-refractivity contribution in [2.24, 2.45) is 0 Å². The third-order valence-corrected chi connectivity index (χ3v) is 5.97. The molecule has 0 radical (unpaired) electrons. The van der Waals surface area contributed by atoms with Gasteiger partial charge in [-0.25, -0.2) is 19.4 Å². The average molecular weight is 631 g/mol. The SMILES string of the molecule is CC=C(O)C(=O)OCCCN(CC(O)COC)C(O)(O)C(O)(O)C(O)(O)N(CCCOC(=O)C(O)=CC)CC(O)COC. The first-order valence-electron chi connectivity index (χ1n) is 13.2. The van der Waals surface area contributed by atoms with Crippen LogP contribution in [-0.2, 0) is 28.5 Å². The van der Waals surface area contributed by atoms with E-state index in [0.29, 0.717) is 9.80 Å². The molecule has 0 aromatic heterocycles. The molecule has 0 saturated carbocycles. The van der Waals surface area contributed by atoms with E-state index in [0.717, 1.165) is 12.2 Å². The molecule has 0 aliphatic carbocycles. The molecule has 0 rings (SSSR count). The molecule has 18 heteroatoms. The normalized spacial score (nSPS) is 15.1. The molecule has 43 heavy (non-hydrogen) atoms. The van der Waals surface area contributed by atoms with Gasteiger partial charge >= 0.3 is 17.7 Å². The number of rotatable bonds is 22. The van der Waals surface area contributed by atoms with Gasteiger partial charge in [-0.15, -0.1) is 0 Å². The van der Waals surface area contributed by atoms with Crippen LogP contribution < -0.4 is 0 Å². The summed E-state index contributed by atoms with van der Waals surface area (Å²) in [6.07, 6.45) is -1.28. The molecule has 2 unspecified atom stereocenters. The second-order valence-corrected chi connectivity index (χ2v) is 9.38. The first-order chi connectivity index (χ1) is 19.9. The maximum atomic E-state index is 11.6. The Labute approximate surface area is 248 Å². The van der Waals surface area contributed by atoms with Crippen LogP contribution in [-0.4, -0.2) is 169 Å². The standard InChI is InChI=1S/C25H46N2O16/c1-5-19(30)21(32)42-11-7-9-26(13-17(28)15-40-3)24(36,37)23(34,35)25(38,39)27(14-18(29)16-41-4)10-8-12-43-22(33)20(31)6-2/h5-6,17-18,28-31,34-39H,7-16H2,1-4H3. The molecule has 10 N–H and O–H groups in total. The minimum absolute atomic E-state index is 0.244. The monoisotopic (exact) mass is 630 g/mol. The number of ether oxygens (including phenoxy) is 4. The van der Waals surface area contributed by atoms with E-state index in [9.17, 15) is 60.7 Å². The lowest BCUT2D eigenvalue weighted by Gasteiger charge is -2.50. The van der Waals surface area contributed by atoms with Gasteiger partial charge in [-0.05, 0) is 38.8 Å². The first kappa shape index (κ1) is 40.5. The number of allylic oxidation sites excluding steroid dienone is 2. The topological polar surface area (TPSA) is 280 Å². The van der Waals surface area contributed by atoms with E-state index < -0.39 is 92.7 Å². The zero-order valence-corrected chi connectivity index (χ0v) is 24.7. The molecule has 0 spiro atoms. The Bertz CT molecular complexity index is 838. The first-order valence-corrected chi connectivity index (χ1v) is 13.2. The highest BCUT2D eigenvalue weighted by molar-refractivity contribution is 5.85. The predicted octanol–water partition coefficient (Wildman–Crippen LogP) is -3.65. The zero-order chi connectivity index (χ0) is 33.4. The lowest BCUT2D eigenvalue weighted by molar-refractivity contribution is -0.513. The van der Waals surface area contributed by atoms with Crippen LogP contribution in [0.25, 0.3) is 0 Å². The molecule has 0 aliphatic heterocycles. The van der Waals surface area contributed by atoms with Crippen LogP contribution >= 0.6 is 0 Å². The molecule has 2 atom stereocenters. The zero-order valence-electron chi connectivity index (χ0n) is 24.7. The molecule has 18 nitrogen and oxygen atoms in total. The van der Waals surface area contributed by atoms with E-state index >= 15 is 0 Å². The van der Waals surface area contributed by atoms with Crippen molar-refractivity contribution in [3.05, 3.63) is 23.7 Å². The van der Waals surface area contributed by atoms with Crippen LogP contribution in [0.15, 0.2) is 23.7 Å². The van der Waals surface area contributed by atoms with Crippen molar-refractivity contribution in [1.82, 2.24) is 9.80 Å². The Morgan fingerprint density at radius 3 is 1.30 bits per heavy atom. The fourth-order valence-electron chi connectivity index (χ4n) is 3.64. The maximum absolute atomic E-state index is 11.6. The smallest absolute Gasteiger partial charge is 0.373 e. The Morgan fingerprint density at radius 1 is 0.698 bits per heavy atom. The van der Waals surface area contributed by atoms with Gasteiger partial charge in [0.1, 0.15) is 0 Å². The lowest BCUT2D eigenvalue weighted by Crippen LogP contribution is -2.79. The van der Waals surface area contributed by atoms with Crippen molar-refractivity contribution in [1.29, 1.82) is 0 Å². The van der Waals surface area contributed by atoms with Gasteiger partial charge < -0.3 is 70.0 Å². The Kier molecular flexibility index (Phi) is 17.9. The molecule has 0 fully saturated rings. The molecule has 0 bridgehead atoms. The molecule has 0 amide bonds. The summed E-state index contributed by atoms with van der Waals surface area (Å²) >= 11 is 0. The highest BCUT2D eigenvalue weighted by atomic mass is 16.7. The van der Waals surface area contributed by atoms with E-state index in [1.807, 2.05) is 0 Å². The Morgan fingerprint density at radius 2 is 1.02 bits per heavy atom. The lowest BCUT2D eigenvalue weighted by atomic mass is 10.0. The van der Waals surface area contributed by atoms with Gasteiger partial charge in [-0.1, -0.05) is 0 Å². The van der Waals surface area contributed by atoms with Gasteiger partial charge in [0.2, 0.25) is 0 Å². The summed E-state index contributed by atoms with van der Waals surface area (Å²) in [7, 11) is 2.45. The van der Waals surface area contributed by atoms with E-state index in [2.05, 4.69) is 0 Å². The molecule has 0 aromatic rings. The number of carbonyl (C=O) groups is 2. The van der Waals surface area contributed by atoms with Crippen molar-refractivity contribution in [3.63, 3.8) is 0 Å². The molecular formula is C25H46N2O16. The van der Waals surface area contributed by atoms with E-state index in [-0.39, 0.29) is 26.1 Å². The van der Waals surface area contributed by atoms with Crippen LogP contribution in [0.3, 0.4) is 0 Å². The summed E-state index contributed by atoms with van der Waals surface area (Å²) in [5, 5.41) is 105. The van der Waals surface area contributed by atoms with Crippen molar-refractivity contribution in [3.8, 4) is 0 Å². The number of methoxy groups -OCH3 is 2. The van der Waals surface area contributed by atoms with E-state index in [1.54, 1.807) is 0 Å². The molecule has 0 aliphatic rings. The minimum atomic E-state index is -4.28. The van der Waals surface area contributed by atoms with Gasteiger partial charge in [0, 0.05) is 40.4 Å². The van der Waals surface area contributed by atoms with Crippen molar-refractivity contribution < 1.29 is 79.6 Å². The van der Waals surface area contributed by atoms with Crippen molar-refractivity contribution >= 4 is 11.9 Å². The van der Waals surface area contributed by atoms with Gasteiger partial charge in [0.15, 0.2) is 11.5 Å². The van der Waals surface area contributed by atoms with Gasteiger partial charge in [-0.3, -0.25) is 0 Å². The van der Waals surface area contributed by atoms with Gasteiger partial charge in [0.25, 0.3) is 11.8 Å². The highest BCUT2D eigenvalue weighted by Gasteiger charge is 2.66. The number of aliphatic hydroxyl groups excluding tert-OH is 4. The number of nitrogens with zero attached hydrogens (tertiary/aromatic N) is 2. The minimum Gasteiger partial charge on any atom is -0.502 e. The highest BCUT2D eigenvalue weighted by Crippen LogP contribution is 2.34. The molecule has 252 valence electrons. The molecule has 0 saturated heterocycles. The van der Waals surface area contributed by atoms with Crippen LogP contribution in [0, 0.1) is 0 Å². The van der Waals surface area contributed by atoms with Crippen LogP contribution in [0.2, 0.25) is 0 Å². The fourth-order valence-corrected chi connectivity index (χ4v) is 3.64. The maximum Gasteiger partial charge on any atom is 0.373 e. The molecular weight excluding hydrogens is 584 g/mol.